The maximum Gasteiger partial charge on any atom is 0.248 e. The Morgan fingerprint density at radius 3 is 2.76 bits per heavy atom. The van der Waals surface area contributed by atoms with E-state index in [0.717, 1.165) is 27.5 Å². The topological polar surface area (TPSA) is 92.2 Å². The first-order chi connectivity index (χ1) is 17.9. The number of carbonyl (C=O) groups excluding carboxylic acids is 2. The highest BCUT2D eigenvalue weighted by molar-refractivity contribution is 6.38. The number of allylic oxidation sites excluding steroid dienone is 1. The van der Waals surface area contributed by atoms with E-state index in [1.807, 2.05) is 55.8 Å². The van der Waals surface area contributed by atoms with Gasteiger partial charge in [0.25, 0.3) is 0 Å². The molecular weight excluding hydrogens is 509 g/mol. The lowest BCUT2D eigenvalue weighted by atomic mass is 10.0. The fourth-order valence-electron chi connectivity index (χ4n) is 4.30. The van der Waals surface area contributed by atoms with Gasteiger partial charge in [-0.15, -0.1) is 11.6 Å². The van der Waals surface area contributed by atoms with Crippen LogP contribution in [0.3, 0.4) is 0 Å². The Kier molecular flexibility index (Phi) is 6.53. The van der Waals surface area contributed by atoms with E-state index in [-0.39, 0.29) is 17.2 Å². The monoisotopic (exact) mass is 527 g/mol. The van der Waals surface area contributed by atoms with Gasteiger partial charge in [0.2, 0.25) is 11.7 Å². The summed E-state index contributed by atoms with van der Waals surface area (Å²) < 4.78 is 3.53. The molecule has 0 fully saturated rings. The highest BCUT2D eigenvalue weighted by Crippen LogP contribution is 2.36. The Labute approximate surface area is 222 Å². The first kappa shape index (κ1) is 24.3. The van der Waals surface area contributed by atoms with Gasteiger partial charge in [0, 0.05) is 53.5 Å². The predicted molar refractivity (Wildman–Crippen MR) is 145 cm³/mol. The maximum atomic E-state index is 13.5. The van der Waals surface area contributed by atoms with Gasteiger partial charge in [-0.3, -0.25) is 14.3 Å². The van der Waals surface area contributed by atoms with E-state index < -0.39 is 5.91 Å². The number of rotatable bonds is 6. The zero-order chi connectivity index (χ0) is 26.1. The molecule has 2 aromatic carbocycles. The number of halogens is 2. The summed E-state index contributed by atoms with van der Waals surface area (Å²) in [5.74, 6) is -0.477. The van der Waals surface area contributed by atoms with Crippen LogP contribution in [0.25, 0.3) is 27.5 Å². The normalized spacial score (nSPS) is 11.3. The van der Waals surface area contributed by atoms with Gasteiger partial charge in [0.1, 0.15) is 6.07 Å². The number of nitriles is 1. The van der Waals surface area contributed by atoms with E-state index in [1.165, 1.54) is 18.2 Å². The third kappa shape index (κ3) is 4.49. The van der Waals surface area contributed by atoms with Gasteiger partial charge in [0.15, 0.2) is 0 Å². The summed E-state index contributed by atoms with van der Waals surface area (Å²) in [5, 5.41) is 18.1. The molecule has 0 aliphatic carbocycles. The molecule has 0 radical (unpaired) electrons. The molecule has 0 saturated heterocycles. The van der Waals surface area contributed by atoms with E-state index in [4.69, 9.17) is 23.2 Å². The van der Waals surface area contributed by atoms with Gasteiger partial charge >= 0.3 is 0 Å². The molecule has 1 N–H and O–H groups in total. The zero-order valence-corrected chi connectivity index (χ0v) is 21.1. The van der Waals surface area contributed by atoms with Crippen LogP contribution in [0.1, 0.15) is 21.6 Å². The van der Waals surface area contributed by atoms with Crippen molar-refractivity contribution in [1.82, 2.24) is 14.2 Å². The van der Waals surface area contributed by atoms with Crippen molar-refractivity contribution in [3.05, 3.63) is 101 Å². The van der Waals surface area contributed by atoms with E-state index in [2.05, 4.69) is 10.4 Å². The van der Waals surface area contributed by atoms with Crippen LogP contribution in [0.5, 0.6) is 0 Å². The summed E-state index contributed by atoms with van der Waals surface area (Å²) in [6, 6.07) is 17.9. The number of aromatic nitrogens is 3. The van der Waals surface area contributed by atoms with Crippen molar-refractivity contribution in [1.29, 1.82) is 5.26 Å². The number of hydrogen-bond donors (Lipinski definition) is 1. The van der Waals surface area contributed by atoms with Crippen LogP contribution >= 0.6 is 23.2 Å². The van der Waals surface area contributed by atoms with Crippen LogP contribution in [0.2, 0.25) is 5.02 Å². The number of carbonyl (C=O) groups is 2. The first-order valence-corrected chi connectivity index (χ1v) is 12.2. The Morgan fingerprint density at radius 2 is 1.97 bits per heavy atom. The van der Waals surface area contributed by atoms with Crippen molar-refractivity contribution >= 4 is 57.0 Å². The largest absolute Gasteiger partial charge is 0.321 e. The molecule has 182 valence electrons. The molecule has 0 aliphatic heterocycles. The summed E-state index contributed by atoms with van der Waals surface area (Å²) in [4.78, 5) is 25.5. The van der Waals surface area contributed by atoms with Gasteiger partial charge in [-0.2, -0.15) is 10.4 Å². The van der Waals surface area contributed by atoms with Gasteiger partial charge in [-0.25, -0.2) is 0 Å². The van der Waals surface area contributed by atoms with Crippen LogP contribution in [0, 0.1) is 11.3 Å². The number of pyridine rings is 1. The van der Waals surface area contributed by atoms with Crippen molar-refractivity contribution in [2.75, 3.05) is 11.2 Å². The summed E-state index contributed by atoms with van der Waals surface area (Å²) in [6.45, 7) is 0. The zero-order valence-electron chi connectivity index (χ0n) is 19.6. The predicted octanol–water partition coefficient (Wildman–Crippen LogP) is 5.98. The van der Waals surface area contributed by atoms with Gasteiger partial charge in [-0.05, 0) is 42.5 Å². The number of anilines is 1. The lowest BCUT2D eigenvalue weighted by molar-refractivity contribution is -0.111. The Morgan fingerprint density at radius 1 is 1.14 bits per heavy atom. The minimum absolute atomic E-state index is 0.177. The van der Waals surface area contributed by atoms with Crippen molar-refractivity contribution < 1.29 is 9.59 Å². The number of alkyl halides is 1. The average Bonchev–Trinajstić information content (AvgIpc) is 3.51. The standard InChI is InChI=1S/C28H19Cl2N5O2/c1-34-16-21-23(33-34)9-7-20(27(21)30)19-4-3-13-35-24(19)10-11-25(35)28(37)17-6-8-22(18(14-17)15-31)32-26(36)5-2-12-29/h2-11,13-14,16H,12H2,1H3,(H,32,36)/b5-2+. The quantitative estimate of drug-likeness (QED) is 0.167. The smallest absolute Gasteiger partial charge is 0.248 e. The third-order valence-corrected chi connectivity index (χ3v) is 6.56. The number of fused-ring (bicyclic) bond motifs is 2. The summed E-state index contributed by atoms with van der Waals surface area (Å²) in [7, 11) is 1.85. The molecule has 1 amide bonds. The Bertz CT molecular complexity index is 1780. The minimum atomic E-state index is -0.413. The number of nitrogens with one attached hydrogen (secondary N) is 1. The molecule has 9 heteroatoms. The molecule has 37 heavy (non-hydrogen) atoms. The lowest BCUT2D eigenvalue weighted by Gasteiger charge is -2.10. The molecule has 7 nitrogen and oxygen atoms in total. The third-order valence-electron chi connectivity index (χ3n) is 5.97. The lowest BCUT2D eigenvalue weighted by Crippen LogP contribution is -2.11. The average molecular weight is 528 g/mol. The second-order valence-corrected chi connectivity index (χ2v) is 8.99. The number of amides is 1. The van der Waals surface area contributed by atoms with E-state index in [9.17, 15) is 14.9 Å². The summed E-state index contributed by atoms with van der Waals surface area (Å²) in [6.07, 6.45) is 6.47. The van der Waals surface area contributed by atoms with Crippen LogP contribution < -0.4 is 5.32 Å². The molecule has 0 aliphatic rings. The highest BCUT2D eigenvalue weighted by Gasteiger charge is 2.19. The molecule has 5 rings (SSSR count). The van der Waals surface area contributed by atoms with Crippen molar-refractivity contribution in [2.45, 2.75) is 0 Å². The fraction of sp³-hybridized carbons (Fsp3) is 0.0714. The SMILES string of the molecule is Cn1cc2c(Cl)c(-c3cccn4c(C(=O)c5ccc(NC(=O)/C=C/CCl)c(C#N)c5)ccc34)ccc2n1. The number of ketones is 1. The van der Waals surface area contributed by atoms with Crippen LogP contribution in [0.4, 0.5) is 5.69 Å². The van der Waals surface area contributed by atoms with Gasteiger partial charge < -0.3 is 9.72 Å². The molecule has 3 aromatic heterocycles. The van der Waals surface area contributed by atoms with E-state index in [0.29, 0.717) is 22.0 Å². The molecule has 0 atom stereocenters. The molecule has 0 bridgehead atoms. The van der Waals surface area contributed by atoms with E-state index >= 15 is 0 Å². The van der Waals surface area contributed by atoms with Crippen LogP contribution in [-0.4, -0.2) is 31.8 Å². The minimum Gasteiger partial charge on any atom is -0.321 e. The van der Waals surface area contributed by atoms with Crippen LogP contribution in [0.15, 0.2) is 79.1 Å². The Balaban J connectivity index is 1.52. The summed E-state index contributed by atoms with van der Waals surface area (Å²) >= 11 is 12.3. The second-order valence-electron chi connectivity index (χ2n) is 8.31. The second kappa shape index (κ2) is 9.94. The van der Waals surface area contributed by atoms with Crippen molar-refractivity contribution in [3.63, 3.8) is 0 Å². The fourth-order valence-corrected chi connectivity index (χ4v) is 4.70. The highest BCUT2D eigenvalue weighted by atomic mass is 35.5. The first-order valence-electron chi connectivity index (χ1n) is 11.3. The van der Waals surface area contributed by atoms with Gasteiger partial charge in [0.05, 0.1) is 33.0 Å². The van der Waals surface area contributed by atoms with Crippen molar-refractivity contribution in [2.24, 2.45) is 7.05 Å². The van der Waals surface area contributed by atoms with Crippen LogP contribution in [-0.2, 0) is 11.8 Å². The molecule has 0 saturated carbocycles. The number of hydrogen-bond acceptors (Lipinski definition) is 4. The number of benzene rings is 2. The summed E-state index contributed by atoms with van der Waals surface area (Å²) in [5.41, 5.74) is 4.57. The van der Waals surface area contributed by atoms with Gasteiger partial charge in [-0.1, -0.05) is 29.8 Å². The molecule has 0 spiro atoms. The maximum absolute atomic E-state index is 13.5. The van der Waals surface area contributed by atoms with Crippen molar-refractivity contribution in [3.8, 4) is 17.2 Å². The molecular formula is C28H19Cl2N5O2. The molecule has 3 heterocycles. The number of nitrogens with zero attached hydrogens (tertiary/aromatic N) is 4. The van der Waals surface area contributed by atoms with E-state index in [1.54, 1.807) is 27.3 Å². The number of aryl methyl sites for hydroxylation is 1. The molecule has 5 aromatic rings. The molecule has 0 unspecified atom stereocenters. The Hall–Kier alpha value is -4.38.